The van der Waals surface area contributed by atoms with Gasteiger partial charge < -0.3 is 19.9 Å². The van der Waals surface area contributed by atoms with Gasteiger partial charge in [0.2, 0.25) is 5.60 Å². The van der Waals surface area contributed by atoms with Crippen molar-refractivity contribution in [2.45, 2.75) is 63.5 Å². The van der Waals surface area contributed by atoms with Gasteiger partial charge >= 0.3 is 18.2 Å². The minimum atomic E-state index is -5.34. The number of aliphatic imine (C=N–C) groups is 1. The zero-order valence-corrected chi connectivity index (χ0v) is 18.7. The minimum Gasteiger partial charge on any atom is -0.458 e. The third kappa shape index (κ3) is 5.54. The maximum absolute atomic E-state index is 14.8. The van der Waals surface area contributed by atoms with Crippen molar-refractivity contribution in [2.24, 2.45) is 4.99 Å². The van der Waals surface area contributed by atoms with Gasteiger partial charge in [-0.05, 0) is 52.8 Å². The van der Waals surface area contributed by atoms with E-state index in [-0.39, 0.29) is 6.92 Å². The van der Waals surface area contributed by atoms with Crippen molar-refractivity contribution in [3.05, 3.63) is 29.6 Å². The number of benzene rings is 1. The Morgan fingerprint density at radius 2 is 1.74 bits per heavy atom. The van der Waals surface area contributed by atoms with Crippen molar-refractivity contribution in [3.63, 3.8) is 0 Å². The van der Waals surface area contributed by atoms with Crippen LogP contribution in [0.2, 0.25) is 0 Å². The summed E-state index contributed by atoms with van der Waals surface area (Å²) < 4.78 is 92.6. The molecule has 0 unspecified atom stereocenters. The van der Waals surface area contributed by atoms with Gasteiger partial charge in [-0.1, -0.05) is 0 Å². The molecule has 0 bridgehead atoms. The summed E-state index contributed by atoms with van der Waals surface area (Å²) in [4.78, 5) is 27.5. The van der Waals surface area contributed by atoms with Crippen LogP contribution in [0.25, 0.3) is 0 Å². The van der Waals surface area contributed by atoms with Crippen LogP contribution < -0.4 is 10.6 Å². The monoisotopic (exact) mass is 499 g/mol. The number of ether oxygens (including phenoxy) is 2. The molecule has 190 valence electrons. The Morgan fingerprint density at radius 3 is 2.26 bits per heavy atom. The van der Waals surface area contributed by atoms with Crippen molar-refractivity contribution >= 4 is 23.7 Å². The number of amidine groups is 1. The van der Waals surface area contributed by atoms with Crippen LogP contribution in [0.15, 0.2) is 23.2 Å². The number of rotatable bonds is 3. The highest BCUT2D eigenvalue weighted by Crippen LogP contribution is 2.45. The van der Waals surface area contributed by atoms with Crippen LogP contribution in [-0.4, -0.2) is 53.0 Å². The molecule has 2 amide bonds. The number of alkyl carbamates (subject to hydrolysis) is 1. The zero-order valence-electron chi connectivity index (χ0n) is 18.7. The van der Waals surface area contributed by atoms with Crippen molar-refractivity contribution < 1.29 is 50.5 Å². The van der Waals surface area contributed by atoms with E-state index >= 15 is 0 Å². The first-order valence-corrected chi connectivity index (χ1v) is 9.71. The van der Waals surface area contributed by atoms with Gasteiger partial charge in [-0.15, -0.1) is 0 Å². The predicted octanol–water partition coefficient (Wildman–Crippen LogP) is 3.84. The lowest BCUT2D eigenvalue weighted by atomic mass is 9.85. The number of nitrogens with zero attached hydrogens (tertiary/aromatic N) is 1. The summed E-state index contributed by atoms with van der Waals surface area (Å²) in [6.07, 6.45) is -6.43. The van der Waals surface area contributed by atoms with Crippen LogP contribution in [-0.2, 0) is 19.8 Å². The van der Waals surface area contributed by atoms with E-state index in [1.165, 1.54) is 0 Å². The van der Waals surface area contributed by atoms with Gasteiger partial charge in [-0.3, -0.25) is 4.79 Å². The highest BCUT2D eigenvalue weighted by Gasteiger charge is 2.58. The average Bonchev–Trinajstić information content (AvgIpc) is 2.64. The fourth-order valence-corrected chi connectivity index (χ4v) is 2.69. The molecule has 0 saturated carbocycles. The first kappa shape index (κ1) is 27.2. The summed E-state index contributed by atoms with van der Waals surface area (Å²) in [5, 5.41) is 13.2. The summed E-state index contributed by atoms with van der Waals surface area (Å²) in [6, 6.07) is 1.37. The van der Waals surface area contributed by atoms with Gasteiger partial charge in [0.25, 0.3) is 11.9 Å². The quantitative estimate of drug-likeness (QED) is 0.548. The number of aliphatic hydroxyl groups is 1. The highest BCUT2D eigenvalue weighted by atomic mass is 19.4. The second kappa shape index (κ2) is 8.64. The second-order valence-electron chi connectivity index (χ2n) is 8.83. The van der Waals surface area contributed by atoms with E-state index in [0.29, 0.717) is 12.1 Å². The zero-order chi connectivity index (χ0) is 26.3. The SMILES string of the molecule is CC(C)(C)OC(=O)NC1=N[C@](C)(c2cc(NC(=O)[C@@](C)(O)C(F)(F)F)ccc2F)C(F)(F)CO1. The van der Waals surface area contributed by atoms with Crippen molar-refractivity contribution in [1.82, 2.24) is 5.32 Å². The van der Waals surface area contributed by atoms with Crippen LogP contribution in [0.1, 0.15) is 40.2 Å². The minimum absolute atomic E-state index is 0.194. The summed E-state index contributed by atoms with van der Waals surface area (Å²) in [5.41, 5.74) is -8.81. The Kier molecular flexibility index (Phi) is 6.91. The Bertz CT molecular complexity index is 1000. The third-order valence-corrected chi connectivity index (χ3v) is 4.78. The van der Waals surface area contributed by atoms with E-state index in [1.54, 1.807) is 26.1 Å². The number of carbonyl (C=O) groups is 2. The number of hydrogen-bond donors (Lipinski definition) is 3. The molecule has 0 saturated heterocycles. The summed E-state index contributed by atoms with van der Waals surface area (Å²) in [7, 11) is 0. The Balaban J connectivity index is 2.44. The van der Waals surface area contributed by atoms with Crippen LogP contribution in [0.4, 0.5) is 36.8 Å². The molecule has 2 atom stereocenters. The first-order valence-electron chi connectivity index (χ1n) is 9.71. The van der Waals surface area contributed by atoms with Crippen LogP contribution >= 0.6 is 0 Å². The molecule has 0 spiro atoms. The molecule has 14 heteroatoms. The molecule has 3 N–H and O–H groups in total. The smallest absolute Gasteiger partial charge is 0.426 e. The molecular weight excluding hydrogens is 476 g/mol. The molecule has 1 aliphatic heterocycles. The lowest BCUT2D eigenvalue weighted by molar-refractivity contribution is -0.242. The summed E-state index contributed by atoms with van der Waals surface area (Å²) >= 11 is 0. The van der Waals surface area contributed by atoms with Crippen molar-refractivity contribution in [3.8, 4) is 0 Å². The van der Waals surface area contributed by atoms with Gasteiger partial charge in [0.15, 0.2) is 12.1 Å². The lowest BCUT2D eigenvalue weighted by Crippen LogP contribution is -2.53. The summed E-state index contributed by atoms with van der Waals surface area (Å²) in [5.74, 6) is -7.00. The Hall–Kier alpha value is -3.03. The highest BCUT2D eigenvalue weighted by molar-refractivity contribution is 5.97. The van der Waals surface area contributed by atoms with E-state index in [0.717, 1.165) is 13.0 Å². The van der Waals surface area contributed by atoms with Crippen LogP contribution in [0.3, 0.4) is 0 Å². The maximum Gasteiger partial charge on any atom is 0.426 e. The molecule has 8 nitrogen and oxygen atoms in total. The number of hydrogen-bond acceptors (Lipinski definition) is 6. The Morgan fingerprint density at radius 1 is 1.15 bits per heavy atom. The largest absolute Gasteiger partial charge is 0.458 e. The van der Waals surface area contributed by atoms with E-state index in [9.17, 15) is 41.0 Å². The van der Waals surface area contributed by atoms with Crippen molar-refractivity contribution in [2.75, 3.05) is 11.9 Å². The second-order valence-corrected chi connectivity index (χ2v) is 8.83. The fourth-order valence-electron chi connectivity index (χ4n) is 2.69. The average molecular weight is 499 g/mol. The van der Waals surface area contributed by atoms with Gasteiger partial charge in [-0.2, -0.15) is 22.0 Å². The van der Waals surface area contributed by atoms with Gasteiger partial charge in [0.05, 0.1) is 0 Å². The Labute approximate surface area is 190 Å². The molecular formula is C20H23F6N3O5. The topological polar surface area (TPSA) is 109 Å². The maximum atomic E-state index is 14.8. The summed E-state index contributed by atoms with van der Waals surface area (Å²) in [6.45, 7) is 4.29. The van der Waals surface area contributed by atoms with Crippen LogP contribution in [0.5, 0.6) is 0 Å². The molecule has 0 fully saturated rings. The van der Waals surface area contributed by atoms with Crippen LogP contribution in [0, 0.1) is 5.82 Å². The predicted molar refractivity (Wildman–Crippen MR) is 107 cm³/mol. The van der Waals surface area contributed by atoms with E-state index < -0.39 is 70.5 Å². The van der Waals surface area contributed by atoms with E-state index in [1.807, 2.05) is 5.32 Å². The number of alkyl halides is 5. The number of amides is 2. The molecule has 2 rings (SSSR count). The molecule has 1 heterocycles. The third-order valence-electron chi connectivity index (χ3n) is 4.78. The van der Waals surface area contributed by atoms with Gasteiger partial charge in [0, 0.05) is 11.3 Å². The first-order chi connectivity index (χ1) is 15.2. The number of carbonyl (C=O) groups excluding carboxylic acids is 2. The van der Waals surface area contributed by atoms with E-state index in [2.05, 4.69) is 4.99 Å². The lowest BCUT2D eigenvalue weighted by Gasteiger charge is -2.38. The molecule has 1 aromatic carbocycles. The normalized spacial score (nSPS) is 22.1. The van der Waals surface area contributed by atoms with Crippen molar-refractivity contribution in [1.29, 1.82) is 0 Å². The molecule has 34 heavy (non-hydrogen) atoms. The number of nitrogens with one attached hydrogen (secondary N) is 2. The number of anilines is 1. The molecule has 0 aromatic heterocycles. The molecule has 1 aromatic rings. The van der Waals surface area contributed by atoms with Gasteiger partial charge in [0.1, 0.15) is 11.4 Å². The number of halogens is 6. The molecule has 1 aliphatic rings. The van der Waals surface area contributed by atoms with E-state index in [4.69, 9.17) is 9.47 Å². The molecule has 0 aliphatic carbocycles. The fraction of sp³-hybridized carbons (Fsp3) is 0.550. The van der Waals surface area contributed by atoms with Gasteiger partial charge in [-0.25, -0.2) is 19.5 Å². The molecule has 0 radical (unpaired) electrons. The standard InChI is InChI=1S/C20H23F6N3O5/c1-16(2,3)34-15(31)28-14-29-17(4,19(22,23)9-33-14)11-8-10(6-7-12(11)21)27-13(30)18(5,32)20(24,25)26/h6-8,32H,9H2,1-5H3,(H,27,30)(H,28,29,31)/t17-,18-/m1/s1.